The molecule has 0 aliphatic heterocycles. The number of hydrogen-bond donors (Lipinski definition) is 2. The number of nitrogens with one attached hydrogen (secondary N) is 2. The Morgan fingerprint density at radius 1 is 1.18 bits per heavy atom. The van der Waals surface area contributed by atoms with E-state index in [-0.39, 0.29) is 24.0 Å². The zero-order valence-electron chi connectivity index (χ0n) is 16.4. The highest BCUT2D eigenvalue weighted by Gasteiger charge is 2.08. The van der Waals surface area contributed by atoms with Gasteiger partial charge in [0.05, 0.1) is 18.6 Å². The molecule has 0 fully saturated rings. The van der Waals surface area contributed by atoms with Crippen LogP contribution in [0.25, 0.3) is 0 Å². The minimum absolute atomic E-state index is 0. The Morgan fingerprint density at radius 2 is 1.96 bits per heavy atom. The van der Waals surface area contributed by atoms with E-state index in [0.717, 1.165) is 24.0 Å². The largest absolute Gasteiger partial charge is 0.359 e. The van der Waals surface area contributed by atoms with E-state index >= 15 is 0 Å². The van der Waals surface area contributed by atoms with Crippen LogP contribution in [-0.2, 0) is 19.6 Å². The van der Waals surface area contributed by atoms with Crippen LogP contribution >= 0.6 is 24.0 Å². The molecule has 2 N–H and O–H groups in total. The van der Waals surface area contributed by atoms with E-state index in [2.05, 4.69) is 68.4 Å². The molecular formula is C20H27IN6O. The van der Waals surface area contributed by atoms with E-state index in [9.17, 15) is 0 Å². The van der Waals surface area contributed by atoms with Crippen LogP contribution in [0.1, 0.15) is 42.3 Å². The summed E-state index contributed by atoms with van der Waals surface area (Å²) in [6.45, 7) is 6.22. The van der Waals surface area contributed by atoms with Crippen LogP contribution in [0.4, 0.5) is 0 Å². The summed E-state index contributed by atoms with van der Waals surface area (Å²) in [4.78, 5) is 8.35. The van der Waals surface area contributed by atoms with Gasteiger partial charge in [-0.1, -0.05) is 43.3 Å². The fourth-order valence-electron chi connectivity index (χ4n) is 2.69. The second-order valence-corrected chi connectivity index (χ2v) is 6.71. The average Bonchev–Trinajstić information content (AvgIpc) is 3.34. The third-order valence-electron chi connectivity index (χ3n) is 4.20. The van der Waals surface area contributed by atoms with Gasteiger partial charge in [-0.3, -0.25) is 4.99 Å². The van der Waals surface area contributed by atoms with Crippen LogP contribution in [0.3, 0.4) is 0 Å². The van der Waals surface area contributed by atoms with Gasteiger partial charge < -0.3 is 19.7 Å². The molecule has 2 heterocycles. The lowest BCUT2D eigenvalue weighted by Gasteiger charge is -2.12. The number of imidazole rings is 1. The van der Waals surface area contributed by atoms with Gasteiger partial charge in [0.2, 0.25) is 0 Å². The van der Waals surface area contributed by atoms with Crippen LogP contribution in [0.2, 0.25) is 0 Å². The molecule has 3 rings (SSSR count). The monoisotopic (exact) mass is 494 g/mol. The fraction of sp³-hybridized carbons (Fsp3) is 0.350. The number of aliphatic imine (C=N–C) groups is 1. The first kappa shape index (κ1) is 21.9. The molecule has 0 saturated heterocycles. The lowest BCUT2D eigenvalue weighted by Crippen LogP contribution is -2.36. The van der Waals surface area contributed by atoms with Crippen LogP contribution in [-0.4, -0.2) is 27.7 Å². The van der Waals surface area contributed by atoms with Crippen molar-refractivity contribution in [2.75, 3.05) is 7.05 Å². The molecule has 0 aliphatic carbocycles. The zero-order chi connectivity index (χ0) is 19.1. The molecule has 8 heteroatoms. The molecule has 1 aromatic carbocycles. The molecule has 3 aromatic rings. The Hall–Kier alpha value is -2.36. The standard InChI is InChI=1S/C20H26N6O.HI/c1-15(2)19-10-18(27-25-19)12-24-20(21-3)23-11-16-5-4-6-17(9-16)13-26-8-7-22-14-26;/h4-10,14-15H,11-13H2,1-3H3,(H2,21,23,24);1H. The number of nitrogens with zero attached hydrogens (tertiary/aromatic N) is 4. The predicted molar refractivity (Wildman–Crippen MR) is 121 cm³/mol. The molecule has 7 nitrogen and oxygen atoms in total. The van der Waals surface area contributed by atoms with E-state index in [1.54, 1.807) is 13.2 Å². The number of guanidine groups is 1. The van der Waals surface area contributed by atoms with E-state index in [4.69, 9.17) is 4.52 Å². The minimum atomic E-state index is 0. The molecule has 0 spiro atoms. The molecule has 0 radical (unpaired) electrons. The van der Waals surface area contributed by atoms with Crippen molar-refractivity contribution in [2.24, 2.45) is 4.99 Å². The maximum Gasteiger partial charge on any atom is 0.191 e. The normalized spacial score (nSPS) is 11.4. The summed E-state index contributed by atoms with van der Waals surface area (Å²) in [7, 11) is 1.75. The number of hydrogen-bond acceptors (Lipinski definition) is 4. The SMILES string of the molecule is CN=C(NCc1cccc(Cn2ccnc2)c1)NCc1cc(C(C)C)no1.I. The Labute approximate surface area is 182 Å². The number of benzene rings is 1. The Kier molecular flexibility index (Phi) is 8.49. The van der Waals surface area contributed by atoms with Gasteiger partial charge in [-0.15, -0.1) is 24.0 Å². The van der Waals surface area contributed by atoms with Crippen LogP contribution in [0.5, 0.6) is 0 Å². The Bertz CT molecular complexity index is 872. The van der Waals surface area contributed by atoms with Crippen molar-refractivity contribution in [3.8, 4) is 0 Å². The molecule has 150 valence electrons. The van der Waals surface area contributed by atoms with Crippen molar-refractivity contribution in [3.63, 3.8) is 0 Å². The highest BCUT2D eigenvalue weighted by molar-refractivity contribution is 14.0. The van der Waals surface area contributed by atoms with Crippen molar-refractivity contribution in [3.05, 3.63) is 71.6 Å². The zero-order valence-corrected chi connectivity index (χ0v) is 18.8. The highest BCUT2D eigenvalue weighted by atomic mass is 127. The predicted octanol–water partition coefficient (Wildman–Crippen LogP) is 3.53. The number of aromatic nitrogens is 3. The molecule has 0 amide bonds. The second kappa shape index (κ2) is 10.8. The van der Waals surface area contributed by atoms with E-state index in [1.165, 1.54) is 11.1 Å². The number of halogens is 1. The lowest BCUT2D eigenvalue weighted by molar-refractivity contribution is 0.372. The minimum Gasteiger partial charge on any atom is -0.359 e. The third-order valence-corrected chi connectivity index (χ3v) is 4.20. The van der Waals surface area contributed by atoms with Gasteiger partial charge in [0.15, 0.2) is 11.7 Å². The van der Waals surface area contributed by atoms with Crippen molar-refractivity contribution in [1.29, 1.82) is 0 Å². The first-order valence-corrected chi connectivity index (χ1v) is 9.07. The average molecular weight is 494 g/mol. The summed E-state index contributed by atoms with van der Waals surface area (Å²) in [6.07, 6.45) is 5.58. The van der Waals surface area contributed by atoms with Gasteiger partial charge in [-0.2, -0.15) is 0 Å². The van der Waals surface area contributed by atoms with Crippen molar-refractivity contribution >= 4 is 29.9 Å². The van der Waals surface area contributed by atoms with Crippen LogP contribution in [0, 0.1) is 0 Å². The molecule has 0 aliphatic rings. The molecular weight excluding hydrogens is 467 g/mol. The van der Waals surface area contributed by atoms with E-state index in [0.29, 0.717) is 19.0 Å². The van der Waals surface area contributed by atoms with E-state index < -0.39 is 0 Å². The van der Waals surface area contributed by atoms with Gasteiger partial charge >= 0.3 is 0 Å². The summed E-state index contributed by atoms with van der Waals surface area (Å²) >= 11 is 0. The quantitative estimate of drug-likeness (QED) is 0.299. The lowest BCUT2D eigenvalue weighted by atomic mass is 10.1. The van der Waals surface area contributed by atoms with Crippen LogP contribution in [0.15, 0.2) is 58.6 Å². The highest BCUT2D eigenvalue weighted by Crippen LogP contribution is 2.13. The first-order valence-electron chi connectivity index (χ1n) is 9.07. The first-order chi connectivity index (χ1) is 13.1. The summed E-state index contributed by atoms with van der Waals surface area (Å²) < 4.78 is 7.40. The van der Waals surface area contributed by atoms with Gasteiger partial charge in [-0.05, 0) is 17.0 Å². The summed E-state index contributed by atoms with van der Waals surface area (Å²) in [6, 6.07) is 10.5. The van der Waals surface area contributed by atoms with Gasteiger partial charge in [-0.25, -0.2) is 4.98 Å². The molecule has 0 atom stereocenters. The van der Waals surface area contributed by atoms with Crippen molar-refractivity contribution in [1.82, 2.24) is 25.3 Å². The molecule has 0 unspecified atom stereocenters. The summed E-state index contributed by atoms with van der Waals surface area (Å²) in [5.41, 5.74) is 3.39. The summed E-state index contributed by atoms with van der Waals surface area (Å²) in [5.74, 6) is 1.87. The molecule has 0 saturated carbocycles. The van der Waals surface area contributed by atoms with Crippen molar-refractivity contribution < 1.29 is 4.52 Å². The van der Waals surface area contributed by atoms with Crippen molar-refractivity contribution in [2.45, 2.75) is 39.4 Å². The Morgan fingerprint density at radius 3 is 2.64 bits per heavy atom. The van der Waals surface area contributed by atoms with Gasteiger partial charge in [0.1, 0.15) is 0 Å². The smallest absolute Gasteiger partial charge is 0.191 e. The maximum atomic E-state index is 5.35. The number of rotatable bonds is 7. The molecule has 0 bridgehead atoms. The molecule has 2 aromatic heterocycles. The van der Waals surface area contributed by atoms with E-state index in [1.807, 2.05) is 18.6 Å². The van der Waals surface area contributed by atoms with Crippen LogP contribution < -0.4 is 10.6 Å². The Balaban J connectivity index is 0.00000280. The second-order valence-electron chi connectivity index (χ2n) is 6.71. The van der Waals surface area contributed by atoms with Gasteiger partial charge in [0, 0.05) is 38.6 Å². The third kappa shape index (κ3) is 6.36. The summed E-state index contributed by atoms with van der Waals surface area (Å²) in [5, 5.41) is 10.7. The fourth-order valence-corrected chi connectivity index (χ4v) is 2.69. The topological polar surface area (TPSA) is 80.3 Å². The van der Waals surface area contributed by atoms with Gasteiger partial charge in [0.25, 0.3) is 0 Å². The maximum absolute atomic E-state index is 5.35. The molecule has 28 heavy (non-hydrogen) atoms.